The average Bonchev–Trinajstić information content (AvgIpc) is 3.33. The zero-order valence-electron chi connectivity index (χ0n) is 21.9. The van der Waals surface area contributed by atoms with Crippen molar-refractivity contribution in [2.45, 2.75) is 52.4 Å². The number of rotatable bonds is 8. The molecule has 0 aliphatic heterocycles. The normalized spacial score (nSPS) is 12.1. The lowest BCUT2D eigenvalue weighted by Crippen LogP contribution is -2.49. The summed E-state index contributed by atoms with van der Waals surface area (Å²) < 4.78 is 13.3. The van der Waals surface area contributed by atoms with Crippen LogP contribution in [0.1, 0.15) is 43.5 Å². The van der Waals surface area contributed by atoms with Gasteiger partial charge in [-0.25, -0.2) is 4.39 Å². The van der Waals surface area contributed by atoms with Crippen LogP contribution in [0.15, 0.2) is 78.9 Å². The number of aromatic nitrogens is 4. The second-order valence-electron chi connectivity index (χ2n) is 10.2. The Morgan fingerprint density at radius 3 is 2.26 bits per heavy atom. The summed E-state index contributed by atoms with van der Waals surface area (Å²) in [6.45, 7) is 7.64. The molecule has 4 rings (SSSR count). The van der Waals surface area contributed by atoms with E-state index in [0.29, 0.717) is 11.1 Å². The molecule has 3 aromatic carbocycles. The minimum absolute atomic E-state index is 0.204. The Balaban J connectivity index is 1.68. The van der Waals surface area contributed by atoms with E-state index in [-0.39, 0.29) is 36.5 Å². The third-order valence-electron chi connectivity index (χ3n) is 5.80. The van der Waals surface area contributed by atoms with E-state index in [1.165, 1.54) is 16.9 Å². The van der Waals surface area contributed by atoms with Gasteiger partial charge in [-0.1, -0.05) is 60.2 Å². The third kappa shape index (κ3) is 6.88. The molecule has 0 radical (unpaired) electrons. The number of nitrogens with one attached hydrogen (secondary N) is 1. The van der Waals surface area contributed by atoms with Crippen LogP contribution in [0.25, 0.3) is 11.4 Å². The van der Waals surface area contributed by atoms with E-state index in [1.807, 2.05) is 82.3 Å². The van der Waals surface area contributed by atoms with Crippen molar-refractivity contribution in [3.05, 3.63) is 101 Å². The number of benzene rings is 3. The summed E-state index contributed by atoms with van der Waals surface area (Å²) in [6.07, 6.45) is 0. The Kier molecular flexibility index (Phi) is 7.95. The highest BCUT2D eigenvalue weighted by Gasteiger charge is 2.33. The molecule has 0 spiro atoms. The second kappa shape index (κ2) is 11.3. The van der Waals surface area contributed by atoms with Gasteiger partial charge in [0.15, 0.2) is 0 Å². The molecule has 1 heterocycles. The van der Waals surface area contributed by atoms with Gasteiger partial charge in [0.05, 0.1) is 0 Å². The lowest BCUT2D eigenvalue weighted by atomic mass is 9.99. The predicted molar refractivity (Wildman–Crippen MR) is 142 cm³/mol. The Bertz CT molecular complexity index is 1380. The molecule has 38 heavy (non-hydrogen) atoms. The van der Waals surface area contributed by atoms with Gasteiger partial charge in [-0.15, -0.1) is 10.2 Å². The number of carbonyl (C=O) groups excluding carboxylic acids is 2. The number of carbonyl (C=O) groups is 2. The maximum atomic E-state index is 13.8. The van der Waals surface area contributed by atoms with Gasteiger partial charge in [-0.3, -0.25) is 9.59 Å². The van der Waals surface area contributed by atoms with Gasteiger partial charge in [-0.2, -0.15) is 4.80 Å². The molecular formula is C29H31FN6O2. The highest BCUT2D eigenvalue weighted by molar-refractivity contribution is 5.89. The van der Waals surface area contributed by atoms with Gasteiger partial charge >= 0.3 is 0 Å². The van der Waals surface area contributed by atoms with Crippen LogP contribution < -0.4 is 5.32 Å². The maximum Gasteiger partial charge on any atom is 0.247 e. The minimum atomic E-state index is -0.886. The molecule has 0 aliphatic carbocycles. The summed E-state index contributed by atoms with van der Waals surface area (Å²) in [7, 11) is 0. The molecule has 0 fully saturated rings. The SMILES string of the molecule is Cc1ccc(C(C(=O)NC(C)(C)C)N(Cc2ccccc2)C(=O)Cn2nnc(-c3ccc(F)cc3)n2)cc1. The summed E-state index contributed by atoms with van der Waals surface area (Å²) in [5.74, 6) is -0.743. The molecule has 0 aliphatic rings. The van der Waals surface area contributed by atoms with Crippen molar-refractivity contribution in [3.63, 3.8) is 0 Å². The largest absolute Gasteiger partial charge is 0.349 e. The molecule has 1 unspecified atom stereocenters. The van der Waals surface area contributed by atoms with Crippen LogP contribution in [0.3, 0.4) is 0 Å². The zero-order valence-corrected chi connectivity index (χ0v) is 21.9. The van der Waals surface area contributed by atoms with Crippen LogP contribution in [0.4, 0.5) is 4.39 Å². The van der Waals surface area contributed by atoms with Gasteiger partial charge in [0.2, 0.25) is 17.6 Å². The van der Waals surface area contributed by atoms with E-state index in [1.54, 1.807) is 17.0 Å². The summed E-state index contributed by atoms with van der Waals surface area (Å²) in [6, 6.07) is 21.9. The topological polar surface area (TPSA) is 93.0 Å². The fourth-order valence-electron chi connectivity index (χ4n) is 4.00. The first-order valence-electron chi connectivity index (χ1n) is 12.3. The summed E-state index contributed by atoms with van der Waals surface area (Å²) >= 11 is 0. The molecule has 2 amide bonds. The van der Waals surface area contributed by atoms with Gasteiger partial charge < -0.3 is 10.2 Å². The molecule has 9 heteroatoms. The molecular weight excluding hydrogens is 483 g/mol. The molecule has 4 aromatic rings. The fraction of sp³-hybridized carbons (Fsp3) is 0.276. The van der Waals surface area contributed by atoms with Crippen LogP contribution in [0.2, 0.25) is 0 Å². The van der Waals surface area contributed by atoms with Crippen LogP contribution in [-0.2, 0) is 22.7 Å². The minimum Gasteiger partial charge on any atom is -0.349 e. The van der Waals surface area contributed by atoms with E-state index < -0.39 is 11.6 Å². The van der Waals surface area contributed by atoms with Gasteiger partial charge in [0.25, 0.3) is 0 Å². The van der Waals surface area contributed by atoms with E-state index in [9.17, 15) is 14.0 Å². The highest BCUT2D eigenvalue weighted by Crippen LogP contribution is 2.26. The number of tetrazole rings is 1. The molecule has 8 nitrogen and oxygen atoms in total. The first-order valence-corrected chi connectivity index (χ1v) is 12.3. The Labute approximate surface area is 221 Å². The van der Waals surface area contributed by atoms with Crippen molar-refractivity contribution < 1.29 is 14.0 Å². The number of hydrogen-bond donors (Lipinski definition) is 1. The molecule has 1 aromatic heterocycles. The van der Waals surface area contributed by atoms with Gasteiger partial charge in [-0.05, 0) is 68.3 Å². The number of nitrogens with zero attached hydrogens (tertiary/aromatic N) is 5. The summed E-state index contributed by atoms with van der Waals surface area (Å²) in [4.78, 5) is 30.2. The number of aryl methyl sites for hydroxylation is 1. The van der Waals surface area contributed by atoms with E-state index in [2.05, 4.69) is 20.7 Å². The fourth-order valence-corrected chi connectivity index (χ4v) is 4.00. The van der Waals surface area contributed by atoms with E-state index in [4.69, 9.17) is 0 Å². The molecule has 196 valence electrons. The first kappa shape index (κ1) is 26.7. The Morgan fingerprint density at radius 2 is 1.63 bits per heavy atom. The van der Waals surface area contributed by atoms with Gasteiger partial charge in [0, 0.05) is 17.6 Å². The number of amides is 2. The number of halogens is 1. The van der Waals surface area contributed by atoms with Crippen molar-refractivity contribution in [2.75, 3.05) is 0 Å². The lowest BCUT2D eigenvalue weighted by Gasteiger charge is -2.33. The monoisotopic (exact) mass is 514 g/mol. The molecule has 0 saturated carbocycles. The standard InChI is InChI=1S/C29H31FN6O2/c1-20-10-12-22(13-11-20)26(28(38)31-29(2,3)4)35(18-21-8-6-5-7-9-21)25(37)19-36-33-27(32-34-36)23-14-16-24(30)17-15-23/h5-17,26H,18-19H2,1-4H3,(H,31,38). The highest BCUT2D eigenvalue weighted by atomic mass is 19.1. The maximum absolute atomic E-state index is 13.8. The Morgan fingerprint density at radius 1 is 0.974 bits per heavy atom. The van der Waals surface area contributed by atoms with E-state index in [0.717, 1.165) is 11.1 Å². The van der Waals surface area contributed by atoms with Crippen molar-refractivity contribution in [3.8, 4) is 11.4 Å². The smallest absolute Gasteiger partial charge is 0.247 e. The molecule has 0 saturated heterocycles. The van der Waals surface area contributed by atoms with Crippen LogP contribution in [0, 0.1) is 12.7 Å². The number of hydrogen-bond acceptors (Lipinski definition) is 5. The summed E-state index contributed by atoms with van der Waals surface area (Å²) in [5.41, 5.74) is 2.69. The lowest BCUT2D eigenvalue weighted by molar-refractivity contribution is -0.143. The van der Waals surface area contributed by atoms with Crippen molar-refractivity contribution in [2.24, 2.45) is 0 Å². The summed E-state index contributed by atoms with van der Waals surface area (Å²) in [5, 5.41) is 15.4. The zero-order chi connectivity index (χ0) is 27.3. The van der Waals surface area contributed by atoms with Crippen LogP contribution in [0.5, 0.6) is 0 Å². The quantitative estimate of drug-likeness (QED) is 0.375. The molecule has 0 bridgehead atoms. The Hall–Kier alpha value is -4.40. The first-order chi connectivity index (χ1) is 18.1. The average molecular weight is 515 g/mol. The predicted octanol–water partition coefficient (Wildman–Crippen LogP) is 4.47. The van der Waals surface area contributed by atoms with Crippen LogP contribution in [-0.4, -0.2) is 42.5 Å². The van der Waals surface area contributed by atoms with Crippen molar-refractivity contribution in [1.82, 2.24) is 30.4 Å². The van der Waals surface area contributed by atoms with Crippen LogP contribution >= 0.6 is 0 Å². The van der Waals surface area contributed by atoms with Crippen molar-refractivity contribution in [1.29, 1.82) is 0 Å². The van der Waals surface area contributed by atoms with E-state index >= 15 is 0 Å². The second-order valence-corrected chi connectivity index (χ2v) is 10.2. The molecule has 1 N–H and O–H groups in total. The van der Waals surface area contributed by atoms with Crippen molar-refractivity contribution >= 4 is 11.8 Å². The molecule has 1 atom stereocenters. The van der Waals surface area contributed by atoms with Gasteiger partial charge in [0.1, 0.15) is 18.4 Å². The third-order valence-corrected chi connectivity index (χ3v) is 5.80.